The molecule has 0 amide bonds. The highest BCUT2D eigenvalue weighted by Crippen LogP contribution is 2.27. The maximum atomic E-state index is 13.5. The van der Waals surface area contributed by atoms with Crippen LogP contribution in [0.3, 0.4) is 0 Å². The third kappa shape index (κ3) is 2.79. The van der Waals surface area contributed by atoms with Crippen LogP contribution in [0.2, 0.25) is 0 Å². The lowest BCUT2D eigenvalue weighted by atomic mass is 10.0. The first kappa shape index (κ1) is 13.6. The van der Waals surface area contributed by atoms with Crippen molar-refractivity contribution in [1.82, 2.24) is 0 Å². The van der Waals surface area contributed by atoms with Crippen LogP contribution in [-0.2, 0) is 0 Å². The van der Waals surface area contributed by atoms with Crippen LogP contribution in [-0.4, -0.2) is 5.78 Å². The molecule has 0 aliphatic carbocycles. The Morgan fingerprint density at radius 1 is 1.00 bits per heavy atom. The molecule has 0 N–H and O–H groups in total. The van der Waals surface area contributed by atoms with E-state index in [9.17, 15) is 18.0 Å². The molecule has 2 rings (SSSR count). The first-order chi connectivity index (χ1) is 9.00. The third-order valence-electron chi connectivity index (χ3n) is 2.58. The zero-order chi connectivity index (χ0) is 14.0. The molecule has 2 aromatic carbocycles. The number of halogens is 4. The Balaban J connectivity index is 2.40. The van der Waals surface area contributed by atoms with E-state index in [0.29, 0.717) is 17.7 Å². The highest BCUT2D eigenvalue weighted by atomic mass is 35.5. The van der Waals surface area contributed by atoms with E-state index in [-0.39, 0.29) is 0 Å². The van der Waals surface area contributed by atoms with E-state index in [1.54, 1.807) is 30.3 Å². The van der Waals surface area contributed by atoms with Crippen LogP contribution in [0, 0.1) is 17.5 Å². The van der Waals surface area contributed by atoms with E-state index in [4.69, 9.17) is 11.6 Å². The van der Waals surface area contributed by atoms with Crippen LogP contribution < -0.4 is 0 Å². The second-order valence-corrected chi connectivity index (χ2v) is 4.32. The molecule has 1 atom stereocenters. The molecular formula is C14H8ClF3O. The predicted molar refractivity (Wildman–Crippen MR) is 65.7 cm³/mol. The Labute approximate surface area is 112 Å². The number of benzene rings is 2. The van der Waals surface area contributed by atoms with Gasteiger partial charge in [-0.3, -0.25) is 4.79 Å². The van der Waals surface area contributed by atoms with Gasteiger partial charge in [-0.1, -0.05) is 30.3 Å². The summed E-state index contributed by atoms with van der Waals surface area (Å²) in [4.78, 5) is 12.0. The number of rotatable bonds is 3. The summed E-state index contributed by atoms with van der Waals surface area (Å²) in [5.74, 6) is -4.55. The second kappa shape index (κ2) is 5.45. The van der Waals surface area contributed by atoms with Gasteiger partial charge in [-0.15, -0.1) is 11.6 Å². The van der Waals surface area contributed by atoms with Crippen LogP contribution in [0.1, 0.15) is 21.3 Å². The van der Waals surface area contributed by atoms with Gasteiger partial charge in [0, 0.05) is 12.1 Å². The van der Waals surface area contributed by atoms with Crippen LogP contribution in [0.15, 0.2) is 42.5 Å². The van der Waals surface area contributed by atoms with Gasteiger partial charge in [0.15, 0.2) is 5.78 Å². The van der Waals surface area contributed by atoms with Crippen LogP contribution in [0.5, 0.6) is 0 Å². The van der Waals surface area contributed by atoms with Crippen molar-refractivity contribution < 1.29 is 18.0 Å². The normalized spacial score (nSPS) is 12.2. The summed E-state index contributed by atoms with van der Waals surface area (Å²) < 4.78 is 39.7. The van der Waals surface area contributed by atoms with Crippen molar-refractivity contribution >= 4 is 17.4 Å². The summed E-state index contributed by atoms with van der Waals surface area (Å²) in [5, 5.41) is -1.23. The lowest BCUT2D eigenvalue weighted by molar-refractivity contribution is 0.0979. The fourth-order valence-electron chi connectivity index (χ4n) is 1.68. The van der Waals surface area contributed by atoms with E-state index in [2.05, 4.69) is 0 Å². The molecule has 0 heterocycles. The SMILES string of the molecule is O=C(c1c(F)cc(F)cc1F)C(Cl)c1ccccc1. The van der Waals surface area contributed by atoms with Gasteiger partial charge in [-0.25, -0.2) is 13.2 Å². The number of hydrogen-bond acceptors (Lipinski definition) is 1. The van der Waals surface area contributed by atoms with Gasteiger partial charge in [0.2, 0.25) is 0 Å². The Morgan fingerprint density at radius 3 is 2.05 bits per heavy atom. The fourth-order valence-corrected chi connectivity index (χ4v) is 1.93. The molecule has 2 aromatic rings. The topological polar surface area (TPSA) is 17.1 Å². The molecule has 1 unspecified atom stereocenters. The largest absolute Gasteiger partial charge is 0.292 e. The minimum Gasteiger partial charge on any atom is -0.292 e. The molecular weight excluding hydrogens is 277 g/mol. The van der Waals surface area contributed by atoms with Crippen molar-refractivity contribution in [2.24, 2.45) is 0 Å². The molecule has 0 aliphatic rings. The van der Waals surface area contributed by atoms with Crippen molar-refractivity contribution in [2.75, 3.05) is 0 Å². The van der Waals surface area contributed by atoms with Crippen LogP contribution in [0.4, 0.5) is 13.2 Å². The molecule has 0 bridgehead atoms. The molecule has 0 saturated carbocycles. The standard InChI is InChI=1S/C14H8ClF3O/c15-13(8-4-2-1-3-5-8)14(19)12-10(17)6-9(16)7-11(12)18/h1-7,13H. The fraction of sp³-hybridized carbons (Fsp3) is 0.0714. The van der Waals surface area contributed by atoms with E-state index in [1.807, 2.05) is 0 Å². The van der Waals surface area contributed by atoms with Gasteiger partial charge in [0.25, 0.3) is 0 Å². The molecule has 19 heavy (non-hydrogen) atoms. The molecule has 98 valence electrons. The molecule has 0 fully saturated rings. The van der Waals surface area contributed by atoms with Gasteiger partial charge in [0.05, 0.1) is 5.56 Å². The van der Waals surface area contributed by atoms with E-state index >= 15 is 0 Å². The third-order valence-corrected chi connectivity index (χ3v) is 3.03. The summed E-state index contributed by atoms with van der Waals surface area (Å²) in [7, 11) is 0. The minimum atomic E-state index is -1.26. The Bertz CT molecular complexity index is 590. The maximum Gasteiger partial charge on any atom is 0.191 e. The van der Waals surface area contributed by atoms with Crippen LogP contribution in [0.25, 0.3) is 0 Å². The van der Waals surface area contributed by atoms with Gasteiger partial charge < -0.3 is 0 Å². The molecule has 1 nitrogen and oxygen atoms in total. The van der Waals surface area contributed by atoms with Crippen molar-refractivity contribution in [2.45, 2.75) is 5.38 Å². The van der Waals surface area contributed by atoms with Crippen molar-refractivity contribution in [1.29, 1.82) is 0 Å². The first-order valence-corrected chi connectivity index (χ1v) is 5.82. The quantitative estimate of drug-likeness (QED) is 0.608. The number of Topliss-reactive ketones (excluding diaryl/α,β-unsaturated/α-hetero) is 1. The highest BCUT2D eigenvalue weighted by molar-refractivity contribution is 6.34. The minimum absolute atomic E-state index is 0.414. The number of carbonyl (C=O) groups is 1. The average molecular weight is 285 g/mol. The first-order valence-electron chi connectivity index (χ1n) is 5.38. The smallest absolute Gasteiger partial charge is 0.191 e. The molecule has 5 heteroatoms. The Kier molecular flexibility index (Phi) is 3.90. The second-order valence-electron chi connectivity index (χ2n) is 3.88. The van der Waals surface area contributed by atoms with Crippen molar-refractivity contribution in [3.05, 3.63) is 71.0 Å². The summed E-state index contributed by atoms with van der Waals surface area (Å²) in [6.45, 7) is 0. The lowest BCUT2D eigenvalue weighted by Gasteiger charge is -2.10. The predicted octanol–water partition coefficient (Wildman–Crippen LogP) is 4.27. The molecule has 0 radical (unpaired) electrons. The summed E-state index contributed by atoms with van der Waals surface area (Å²) in [6.07, 6.45) is 0. The monoisotopic (exact) mass is 284 g/mol. The van der Waals surface area contributed by atoms with E-state index in [0.717, 1.165) is 0 Å². The zero-order valence-corrected chi connectivity index (χ0v) is 10.3. The molecule has 0 aliphatic heterocycles. The van der Waals surface area contributed by atoms with E-state index in [1.165, 1.54) is 0 Å². The molecule has 0 spiro atoms. The Hall–Kier alpha value is -1.81. The van der Waals surface area contributed by atoms with Gasteiger partial charge in [-0.2, -0.15) is 0 Å². The van der Waals surface area contributed by atoms with Gasteiger partial charge in [-0.05, 0) is 5.56 Å². The zero-order valence-electron chi connectivity index (χ0n) is 9.54. The molecule has 0 saturated heterocycles. The average Bonchev–Trinajstić information content (AvgIpc) is 2.37. The number of hydrogen-bond donors (Lipinski definition) is 0. The summed E-state index contributed by atoms with van der Waals surface area (Å²) in [6, 6.07) is 9.04. The lowest BCUT2D eigenvalue weighted by Crippen LogP contribution is -2.12. The van der Waals surface area contributed by atoms with E-state index < -0.39 is 34.2 Å². The van der Waals surface area contributed by atoms with Gasteiger partial charge >= 0.3 is 0 Å². The van der Waals surface area contributed by atoms with Gasteiger partial charge in [0.1, 0.15) is 22.8 Å². The summed E-state index contributed by atoms with van der Waals surface area (Å²) >= 11 is 5.90. The Morgan fingerprint density at radius 2 is 1.53 bits per heavy atom. The number of ketones is 1. The van der Waals surface area contributed by atoms with Crippen LogP contribution >= 0.6 is 11.6 Å². The van der Waals surface area contributed by atoms with Crippen molar-refractivity contribution in [3.8, 4) is 0 Å². The van der Waals surface area contributed by atoms with Crippen molar-refractivity contribution in [3.63, 3.8) is 0 Å². The number of alkyl halides is 1. The highest BCUT2D eigenvalue weighted by Gasteiger charge is 2.26. The summed E-state index contributed by atoms with van der Waals surface area (Å²) in [5.41, 5.74) is -0.414. The number of carbonyl (C=O) groups excluding carboxylic acids is 1. The maximum absolute atomic E-state index is 13.5. The molecule has 0 aromatic heterocycles.